The Morgan fingerprint density at radius 3 is 2.74 bits per heavy atom. The number of fused-ring (bicyclic) bond motifs is 4. The maximum atomic E-state index is 12.0. The molecule has 6 atom stereocenters. The van der Waals surface area contributed by atoms with Crippen LogP contribution in [0.5, 0.6) is 0 Å². The summed E-state index contributed by atoms with van der Waals surface area (Å²) < 4.78 is 6.71. The van der Waals surface area contributed by atoms with Crippen molar-refractivity contribution in [2.75, 3.05) is 5.75 Å². The van der Waals surface area contributed by atoms with Gasteiger partial charge in [0.2, 0.25) is 0 Å². The number of carbonyl (C=O) groups excluding carboxylic acids is 1. The lowest BCUT2D eigenvalue weighted by atomic mass is 9.50. The summed E-state index contributed by atoms with van der Waals surface area (Å²) in [4.78, 5) is 12.0. The summed E-state index contributed by atoms with van der Waals surface area (Å²) in [6.07, 6.45) is 12.0. The van der Waals surface area contributed by atoms with Gasteiger partial charge in [0, 0.05) is 29.6 Å². The van der Waals surface area contributed by atoms with Crippen LogP contribution in [-0.4, -0.2) is 17.1 Å². The molecule has 3 fully saturated rings. The van der Waals surface area contributed by atoms with E-state index in [1.807, 2.05) is 6.08 Å². The lowest BCUT2D eigenvalue weighted by molar-refractivity contribution is -0.163. The molecule has 0 N–H and O–H groups in total. The fourth-order valence-corrected chi connectivity index (χ4v) is 6.60. The van der Waals surface area contributed by atoms with Crippen molar-refractivity contribution in [3.8, 4) is 0 Å². The van der Waals surface area contributed by atoms with Crippen molar-refractivity contribution in [2.45, 2.75) is 71.3 Å². The number of hydrogen-bond donors (Lipinski definition) is 1. The highest BCUT2D eigenvalue weighted by molar-refractivity contribution is 7.80. The third kappa shape index (κ3) is 2.63. The molecule has 0 radical (unpaired) electrons. The Morgan fingerprint density at radius 1 is 1.30 bits per heavy atom. The first-order valence-corrected chi connectivity index (χ1v) is 11.4. The smallest absolute Gasteiger partial charge is 0.155 e. The number of allylic oxidation sites excluding steroid dienone is 3. The second kappa shape index (κ2) is 6.83. The molecule has 2 bridgehead atoms. The van der Waals surface area contributed by atoms with E-state index in [1.165, 1.54) is 24.8 Å². The van der Waals surface area contributed by atoms with Crippen LogP contribution in [0.15, 0.2) is 35.6 Å². The summed E-state index contributed by atoms with van der Waals surface area (Å²) in [6.45, 7) is 11.3. The Kier molecular flexibility index (Phi) is 4.90. The molecule has 0 aromatic carbocycles. The largest absolute Gasteiger partial charge is 0.490 e. The van der Waals surface area contributed by atoms with E-state index in [9.17, 15) is 4.79 Å². The summed E-state index contributed by atoms with van der Waals surface area (Å²) in [7, 11) is 0. The van der Waals surface area contributed by atoms with E-state index in [-0.39, 0.29) is 16.9 Å². The van der Waals surface area contributed by atoms with Crippen molar-refractivity contribution in [1.82, 2.24) is 0 Å². The summed E-state index contributed by atoms with van der Waals surface area (Å²) >= 11 is 3.92. The van der Waals surface area contributed by atoms with Crippen molar-refractivity contribution in [1.29, 1.82) is 0 Å². The highest BCUT2D eigenvalue weighted by Gasteiger charge is 2.67. The van der Waals surface area contributed by atoms with Gasteiger partial charge in [0.25, 0.3) is 0 Å². The number of ketones is 1. The number of ether oxygens (including phenoxy) is 1. The number of hydrogen-bond acceptors (Lipinski definition) is 3. The first-order valence-electron chi connectivity index (χ1n) is 10.8. The Labute approximate surface area is 169 Å². The monoisotopic (exact) mass is 386 g/mol. The van der Waals surface area contributed by atoms with Gasteiger partial charge in [-0.1, -0.05) is 39.0 Å². The van der Waals surface area contributed by atoms with Gasteiger partial charge in [-0.15, -0.1) is 0 Å². The predicted octanol–water partition coefficient (Wildman–Crippen LogP) is 5.90. The van der Waals surface area contributed by atoms with Gasteiger partial charge in [0.15, 0.2) is 5.78 Å². The van der Waals surface area contributed by atoms with Crippen molar-refractivity contribution in [3.05, 3.63) is 35.6 Å². The predicted molar refractivity (Wildman–Crippen MR) is 114 cm³/mol. The van der Waals surface area contributed by atoms with Crippen LogP contribution in [0.2, 0.25) is 0 Å². The average Bonchev–Trinajstić information content (AvgIpc) is 2.92. The number of thiol groups is 1. The first kappa shape index (κ1) is 19.4. The Balaban J connectivity index is 0.000000413. The molecule has 1 spiro atoms. The molecule has 2 saturated carbocycles. The maximum absolute atomic E-state index is 12.0. The van der Waals surface area contributed by atoms with E-state index in [4.69, 9.17) is 4.74 Å². The van der Waals surface area contributed by atoms with E-state index in [2.05, 4.69) is 46.1 Å². The molecule has 27 heavy (non-hydrogen) atoms. The quantitative estimate of drug-likeness (QED) is 0.448. The van der Waals surface area contributed by atoms with Crippen LogP contribution < -0.4 is 0 Å². The summed E-state index contributed by atoms with van der Waals surface area (Å²) in [5.74, 6) is 4.24. The normalized spacial score (nSPS) is 44.1. The lowest BCUT2D eigenvalue weighted by Crippen LogP contribution is -2.60. The molecule has 4 aliphatic carbocycles. The highest BCUT2D eigenvalue weighted by atomic mass is 32.1. The molecule has 0 amide bonds. The van der Waals surface area contributed by atoms with Crippen LogP contribution in [0.4, 0.5) is 0 Å². The van der Waals surface area contributed by atoms with Crippen molar-refractivity contribution in [2.24, 2.45) is 29.1 Å². The molecule has 5 rings (SSSR count). The van der Waals surface area contributed by atoms with Crippen molar-refractivity contribution < 1.29 is 9.53 Å². The summed E-state index contributed by atoms with van der Waals surface area (Å²) in [5, 5.41) is 0. The fraction of sp³-hybridized carbons (Fsp3) is 0.708. The minimum Gasteiger partial charge on any atom is -0.490 e. The molecule has 1 heterocycles. The second-order valence-electron chi connectivity index (χ2n) is 9.49. The molecule has 4 unspecified atom stereocenters. The molecular weight excluding hydrogens is 352 g/mol. The van der Waals surface area contributed by atoms with Crippen LogP contribution in [-0.2, 0) is 9.53 Å². The lowest BCUT2D eigenvalue weighted by Gasteiger charge is -2.61. The molecule has 1 saturated heterocycles. The fourth-order valence-electron chi connectivity index (χ4n) is 6.60. The molecule has 1 aliphatic heterocycles. The van der Waals surface area contributed by atoms with Crippen LogP contribution >= 0.6 is 12.6 Å². The van der Waals surface area contributed by atoms with Gasteiger partial charge in [-0.05, 0) is 61.8 Å². The number of carbonyl (C=O) groups is 1. The minimum atomic E-state index is -0.0307. The molecule has 3 heteroatoms. The highest BCUT2D eigenvalue weighted by Crippen LogP contribution is 2.69. The zero-order chi connectivity index (χ0) is 19.4. The topological polar surface area (TPSA) is 26.3 Å². The van der Waals surface area contributed by atoms with Gasteiger partial charge in [-0.25, -0.2) is 0 Å². The number of rotatable bonds is 1. The van der Waals surface area contributed by atoms with Gasteiger partial charge in [0.1, 0.15) is 5.60 Å². The zero-order valence-corrected chi connectivity index (χ0v) is 18.0. The van der Waals surface area contributed by atoms with Crippen LogP contribution in [0.25, 0.3) is 0 Å². The second-order valence-corrected chi connectivity index (χ2v) is 9.94. The maximum Gasteiger partial charge on any atom is 0.155 e. The molecule has 2 nitrogen and oxygen atoms in total. The summed E-state index contributed by atoms with van der Waals surface area (Å²) in [6, 6.07) is 0. The zero-order valence-electron chi connectivity index (χ0n) is 17.1. The molecule has 148 valence electrons. The van der Waals surface area contributed by atoms with Gasteiger partial charge in [0.05, 0.1) is 5.76 Å². The van der Waals surface area contributed by atoms with Crippen LogP contribution in [0.1, 0.15) is 65.7 Å². The van der Waals surface area contributed by atoms with Crippen molar-refractivity contribution >= 4 is 18.4 Å². The third-order valence-electron chi connectivity index (χ3n) is 8.34. The summed E-state index contributed by atoms with van der Waals surface area (Å²) in [5.41, 5.74) is 3.11. The van der Waals surface area contributed by atoms with Crippen LogP contribution in [0.3, 0.4) is 0 Å². The Bertz CT molecular complexity index is 718. The molecule has 0 aromatic rings. The van der Waals surface area contributed by atoms with E-state index in [1.54, 1.807) is 5.57 Å². The van der Waals surface area contributed by atoms with Gasteiger partial charge in [-0.2, -0.15) is 12.6 Å². The molecular formula is C24H34O2S. The third-order valence-corrected chi connectivity index (χ3v) is 8.79. The Hall–Kier alpha value is -0.960. The van der Waals surface area contributed by atoms with E-state index < -0.39 is 0 Å². The van der Waals surface area contributed by atoms with E-state index in [0.29, 0.717) is 30.0 Å². The average molecular weight is 387 g/mol. The van der Waals surface area contributed by atoms with Gasteiger partial charge in [-0.3, -0.25) is 4.79 Å². The first-order chi connectivity index (χ1) is 12.9. The van der Waals surface area contributed by atoms with Gasteiger partial charge >= 0.3 is 0 Å². The Morgan fingerprint density at radius 2 is 2.04 bits per heavy atom. The van der Waals surface area contributed by atoms with Crippen molar-refractivity contribution in [3.63, 3.8) is 0 Å². The van der Waals surface area contributed by atoms with E-state index in [0.717, 1.165) is 30.8 Å². The SMILES string of the molecule is C=C1O[C@@]23CCC(C)C2(C)CC=C2C4CCC(=O)C=C4[C@@H]1CC23.CCCS. The van der Waals surface area contributed by atoms with E-state index >= 15 is 0 Å². The molecule has 0 aromatic heterocycles. The standard InChI is InChI=1S/C21H26O2.C3H8S/c1-12-6-9-21-19-11-17(13(2)23-21)18-10-14(22)4-5-15(18)16(19)7-8-20(12,21)3;1-2-3-4/h7,10,12,15,17,19H,2,4-6,8-9,11H2,1,3H3;4H,2-3H2,1H3/t12?,15?,17-,19?,20?,21-;/m1./s1. The van der Waals surface area contributed by atoms with Gasteiger partial charge < -0.3 is 4.74 Å². The van der Waals surface area contributed by atoms with Crippen LogP contribution in [0, 0.1) is 29.1 Å². The molecule has 5 aliphatic rings. The minimum absolute atomic E-state index is 0.0307.